The summed E-state index contributed by atoms with van der Waals surface area (Å²) in [7, 11) is -1.02. The van der Waals surface area contributed by atoms with Crippen molar-refractivity contribution in [2.75, 3.05) is 14.2 Å². The number of hydrogen-bond donors (Lipinski definition) is 1. The number of ether oxygens (including phenoxy) is 1. The lowest BCUT2D eigenvalue weighted by Crippen LogP contribution is -2.22. The molecule has 1 aromatic carbocycles. The highest BCUT2D eigenvalue weighted by Gasteiger charge is 2.19. The molecule has 0 fully saturated rings. The number of nitrogens with one attached hydrogen (secondary N) is 1. The normalized spacial score (nSPS) is 11.4. The van der Waals surface area contributed by atoms with Gasteiger partial charge in [-0.2, -0.15) is 0 Å². The second-order valence-corrected chi connectivity index (χ2v) is 4.56. The fourth-order valence-corrected chi connectivity index (χ4v) is 2.21. The summed E-state index contributed by atoms with van der Waals surface area (Å²) in [6.45, 7) is 1.80. The second kappa shape index (κ2) is 4.61. The van der Waals surface area contributed by atoms with Crippen molar-refractivity contribution in [2.24, 2.45) is 0 Å². The van der Waals surface area contributed by atoms with Gasteiger partial charge in [0.2, 0.25) is 0 Å². The summed E-state index contributed by atoms with van der Waals surface area (Å²) in [4.78, 5) is 6.40. The molecule has 0 unspecified atom stereocenters. The molecule has 0 aliphatic rings. The number of rotatable bonds is 4. The van der Waals surface area contributed by atoms with Crippen molar-refractivity contribution in [3.63, 3.8) is 0 Å². The Bertz CT molecular complexity index is 441. The van der Waals surface area contributed by atoms with Gasteiger partial charge >= 0.3 is 0 Å². The van der Waals surface area contributed by atoms with Crippen LogP contribution in [0.25, 0.3) is 0 Å². The fraction of sp³-hybridized carbons (Fsp3) is 0.333. The van der Waals surface area contributed by atoms with Crippen LogP contribution in [0.3, 0.4) is 0 Å². The van der Waals surface area contributed by atoms with Crippen molar-refractivity contribution in [3.05, 3.63) is 23.8 Å². The quantitative estimate of drug-likeness (QED) is 0.780. The molecule has 0 saturated carbocycles. The summed E-state index contributed by atoms with van der Waals surface area (Å²) in [5.74, 6) is 0.283. The van der Waals surface area contributed by atoms with E-state index in [2.05, 4.69) is 4.84 Å². The Kier molecular flexibility index (Phi) is 3.67. The van der Waals surface area contributed by atoms with E-state index in [0.29, 0.717) is 0 Å². The summed E-state index contributed by atoms with van der Waals surface area (Å²) in [6, 6.07) is 4.88. The van der Waals surface area contributed by atoms with Crippen LogP contribution in [0.15, 0.2) is 23.1 Å². The minimum Gasteiger partial charge on any atom is -0.495 e. The van der Waals surface area contributed by atoms with Crippen LogP contribution < -0.4 is 9.62 Å². The average Bonchev–Trinajstić information content (AvgIpc) is 2.17. The topological polar surface area (TPSA) is 64.6 Å². The van der Waals surface area contributed by atoms with E-state index in [4.69, 9.17) is 4.74 Å². The van der Waals surface area contributed by atoms with Crippen molar-refractivity contribution in [3.8, 4) is 5.75 Å². The molecule has 0 spiro atoms. The predicted molar refractivity (Wildman–Crippen MR) is 55.1 cm³/mol. The third-order valence-corrected chi connectivity index (χ3v) is 3.09. The standard InChI is InChI=1S/C9H13NO4S/c1-7-4-5-8(13-2)9(6-7)15(11,12)10-14-3/h4-6,10H,1-3H3. The van der Waals surface area contributed by atoms with Gasteiger partial charge in [-0.3, -0.25) is 4.84 Å². The molecule has 0 heterocycles. The number of aryl methyl sites for hydroxylation is 1. The van der Waals surface area contributed by atoms with E-state index in [1.807, 2.05) is 4.89 Å². The lowest BCUT2D eigenvalue weighted by atomic mass is 10.2. The Morgan fingerprint density at radius 2 is 1.93 bits per heavy atom. The van der Waals surface area contributed by atoms with Crippen LogP contribution in [-0.2, 0) is 14.9 Å². The average molecular weight is 231 g/mol. The molecule has 0 amide bonds. The molecule has 6 heteroatoms. The van der Waals surface area contributed by atoms with Gasteiger partial charge in [0.1, 0.15) is 10.6 Å². The molecule has 84 valence electrons. The highest BCUT2D eigenvalue weighted by Crippen LogP contribution is 2.24. The number of benzene rings is 1. The fourth-order valence-electron chi connectivity index (χ4n) is 1.15. The van der Waals surface area contributed by atoms with Gasteiger partial charge in [-0.1, -0.05) is 11.0 Å². The van der Waals surface area contributed by atoms with Crippen LogP contribution in [0.2, 0.25) is 0 Å². The zero-order valence-corrected chi connectivity index (χ0v) is 9.59. The molecule has 0 bridgehead atoms. The summed E-state index contributed by atoms with van der Waals surface area (Å²) in [5, 5.41) is 0. The van der Waals surface area contributed by atoms with E-state index in [0.717, 1.165) is 5.56 Å². The van der Waals surface area contributed by atoms with E-state index in [1.54, 1.807) is 19.1 Å². The highest BCUT2D eigenvalue weighted by molar-refractivity contribution is 7.89. The molecule has 0 aliphatic heterocycles. The largest absolute Gasteiger partial charge is 0.495 e. The van der Waals surface area contributed by atoms with Crippen LogP contribution in [0.5, 0.6) is 5.75 Å². The van der Waals surface area contributed by atoms with Gasteiger partial charge in [-0.05, 0) is 24.6 Å². The van der Waals surface area contributed by atoms with Crippen LogP contribution in [0, 0.1) is 6.92 Å². The molecule has 1 rings (SSSR count). The van der Waals surface area contributed by atoms with E-state index in [9.17, 15) is 8.42 Å². The van der Waals surface area contributed by atoms with Gasteiger partial charge in [0.05, 0.1) is 14.2 Å². The maximum Gasteiger partial charge on any atom is 0.266 e. The second-order valence-electron chi connectivity index (χ2n) is 2.95. The first-order chi connectivity index (χ1) is 7.01. The molecular weight excluding hydrogens is 218 g/mol. The molecular formula is C9H13NO4S. The molecule has 0 aromatic heterocycles. The number of sulfonamides is 1. The van der Waals surface area contributed by atoms with E-state index in [-0.39, 0.29) is 10.6 Å². The molecule has 0 atom stereocenters. The van der Waals surface area contributed by atoms with Gasteiger partial charge in [-0.25, -0.2) is 8.42 Å². The maximum absolute atomic E-state index is 11.6. The number of hydrogen-bond acceptors (Lipinski definition) is 4. The van der Waals surface area contributed by atoms with Crippen LogP contribution in [-0.4, -0.2) is 22.6 Å². The zero-order chi connectivity index (χ0) is 11.5. The summed E-state index contributed by atoms with van der Waals surface area (Å²) >= 11 is 0. The van der Waals surface area contributed by atoms with Gasteiger partial charge in [0.25, 0.3) is 10.0 Å². The predicted octanol–water partition coefficient (Wildman–Crippen LogP) is 0.843. The molecule has 0 radical (unpaired) electrons. The SMILES string of the molecule is CONS(=O)(=O)c1cc(C)ccc1OC. The van der Waals surface area contributed by atoms with Crippen LogP contribution in [0.4, 0.5) is 0 Å². The monoisotopic (exact) mass is 231 g/mol. The minimum absolute atomic E-state index is 0.0619. The van der Waals surface area contributed by atoms with E-state index in [1.165, 1.54) is 20.3 Å². The van der Waals surface area contributed by atoms with Crippen molar-refractivity contribution in [1.82, 2.24) is 4.89 Å². The van der Waals surface area contributed by atoms with E-state index < -0.39 is 10.0 Å². The minimum atomic E-state index is -3.67. The van der Waals surface area contributed by atoms with Crippen LogP contribution in [0.1, 0.15) is 5.56 Å². The molecule has 1 N–H and O–H groups in total. The van der Waals surface area contributed by atoms with Crippen molar-refractivity contribution < 1.29 is 18.0 Å². The van der Waals surface area contributed by atoms with Crippen LogP contribution >= 0.6 is 0 Å². The molecule has 0 aliphatic carbocycles. The Morgan fingerprint density at radius 3 is 2.47 bits per heavy atom. The molecule has 5 nitrogen and oxygen atoms in total. The summed E-state index contributed by atoms with van der Waals surface area (Å²) in [5.41, 5.74) is 0.826. The smallest absolute Gasteiger partial charge is 0.266 e. The molecule has 15 heavy (non-hydrogen) atoms. The summed E-state index contributed by atoms with van der Waals surface area (Å²) in [6.07, 6.45) is 0. The summed E-state index contributed by atoms with van der Waals surface area (Å²) < 4.78 is 28.3. The first-order valence-corrected chi connectivity index (χ1v) is 5.69. The first-order valence-electron chi connectivity index (χ1n) is 4.20. The van der Waals surface area contributed by atoms with Crippen molar-refractivity contribution in [1.29, 1.82) is 0 Å². The van der Waals surface area contributed by atoms with Gasteiger partial charge < -0.3 is 4.74 Å². The number of methoxy groups -OCH3 is 1. The van der Waals surface area contributed by atoms with E-state index >= 15 is 0 Å². The Morgan fingerprint density at radius 1 is 1.27 bits per heavy atom. The third-order valence-electron chi connectivity index (χ3n) is 1.80. The van der Waals surface area contributed by atoms with Crippen molar-refractivity contribution >= 4 is 10.0 Å². The molecule has 0 saturated heterocycles. The first kappa shape index (κ1) is 12.0. The Labute approximate surface area is 89.0 Å². The van der Waals surface area contributed by atoms with Gasteiger partial charge in [0.15, 0.2) is 0 Å². The van der Waals surface area contributed by atoms with Gasteiger partial charge in [0, 0.05) is 0 Å². The third kappa shape index (κ3) is 2.68. The highest BCUT2D eigenvalue weighted by atomic mass is 32.2. The Hall–Kier alpha value is -1.11. The lowest BCUT2D eigenvalue weighted by Gasteiger charge is -2.09. The molecule has 1 aromatic rings. The van der Waals surface area contributed by atoms with Crippen molar-refractivity contribution in [2.45, 2.75) is 11.8 Å². The van der Waals surface area contributed by atoms with Gasteiger partial charge in [-0.15, -0.1) is 0 Å². The maximum atomic E-state index is 11.6. The lowest BCUT2D eigenvalue weighted by molar-refractivity contribution is 0.153. The zero-order valence-electron chi connectivity index (χ0n) is 8.77. The Balaban J connectivity index is 3.28.